The van der Waals surface area contributed by atoms with Crippen LogP contribution < -0.4 is 0 Å². The molecule has 0 aliphatic heterocycles. The first-order valence-electron chi connectivity index (χ1n) is 6.83. The zero-order valence-corrected chi connectivity index (χ0v) is 12.1. The molecular weight excluding hydrogens is 302 g/mol. The number of hydrogen-bond acceptors (Lipinski definition) is 3. The number of benzene rings is 2. The number of carboxylic acid groups (broad SMARTS) is 1. The van der Waals surface area contributed by atoms with Crippen LogP contribution in [-0.2, 0) is 4.79 Å². The second-order valence-electron chi connectivity index (χ2n) is 4.64. The minimum Gasteiger partial charge on any atom is -0.481 e. The Morgan fingerprint density at radius 1 is 0.913 bits per heavy atom. The molecule has 2 rings (SSSR count). The van der Waals surface area contributed by atoms with Crippen LogP contribution in [0, 0.1) is 0 Å². The van der Waals surface area contributed by atoms with Gasteiger partial charge in [-0.2, -0.15) is 5.10 Å². The maximum absolute atomic E-state index is 12.9. The maximum atomic E-state index is 12.9. The number of hydrogen-bond donors (Lipinski definition) is 1. The number of carbonyl (C=O) groups is 1. The maximum Gasteiger partial charge on any atom is 0.309 e. The van der Waals surface area contributed by atoms with Crippen molar-refractivity contribution in [1.29, 1.82) is 0 Å². The van der Waals surface area contributed by atoms with Crippen LogP contribution in [0.15, 0.2) is 70.9 Å². The number of nitrogens with zero attached hydrogens (tertiary/aromatic N) is 2. The molecule has 0 unspecified atom stereocenters. The van der Waals surface area contributed by atoms with Gasteiger partial charge in [-0.05, 0) is 0 Å². The van der Waals surface area contributed by atoms with E-state index in [9.17, 15) is 13.6 Å². The Morgan fingerprint density at radius 3 is 1.78 bits per heavy atom. The normalized spacial score (nSPS) is 11.3. The minimum atomic E-state index is -2.97. The zero-order valence-electron chi connectivity index (χ0n) is 12.1. The highest BCUT2D eigenvalue weighted by molar-refractivity contribution is 6.13. The molecule has 0 saturated heterocycles. The van der Waals surface area contributed by atoms with Crippen LogP contribution in [0.1, 0.15) is 17.5 Å². The van der Waals surface area contributed by atoms with E-state index >= 15 is 0 Å². The fraction of sp³-hybridized carbons (Fsp3) is 0.118. The Hall–Kier alpha value is -2.89. The predicted molar refractivity (Wildman–Crippen MR) is 84.2 cm³/mol. The quantitative estimate of drug-likeness (QED) is 0.653. The molecule has 0 bridgehead atoms. The lowest BCUT2D eigenvalue weighted by Gasteiger charge is -2.06. The van der Waals surface area contributed by atoms with E-state index < -0.39 is 24.5 Å². The predicted octanol–water partition coefficient (Wildman–Crippen LogP) is 3.62. The Labute approximate surface area is 131 Å². The minimum absolute atomic E-state index is 0.398. The summed E-state index contributed by atoms with van der Waals surface area (Å²) in [4.78, 5) is 10.6. The standard InChI is InChI=1S/C17H14F2N2O2/c18-17(19)14(11-15(22)23)20-21-16(12-7-3-1-4-8-12)13-9-5-2-6-10-13/h1-10,17H,11H2,(H,22,23). The summed E-state index contributed by atoms with van der Waals surface area (Å²) in [6.45, 7) is 0. The van der Waals surface area contributed by atoms with E-state index in [1.54, 1.807) is 48.5 Å². The second-order valence-corrected chi connectivity index (χ2v) is 4.64. The van der Waals surface area contributed by atoms with Crippen LogP contribution in [0.3, 0.4) is 0 Å². The fourth-order valence-corrected chi connectivity index (χ4v) is 1.90. The molecule has 0 spiro atoms. The van der Waals surface area contributed by atoms with E-state index in [0.717, 1.165) is 0 Å². The van der Waals surface area contributed by atoms with Crippen molar-refractivity contribution in [2.24, 2.45) is 10.2 Å². The zero-order chi connectivity index (χ0) is 16.7. The number of carboxylic acids is 1. The summed E-state index contributed by atoms with van der Waals surface area (Å²) in [5.74, 6) is -1.37. The first-order chi connectivity index (χ1) is 11.1. The van der Waals surface area contributed by atoms with Gasteiger partial charge in [-0.15, -0.1) is 5.10 Å². The highest BCUT2D eigenvalue weighted by Gasteiger charge is 2.17. The van der Waals surface area contributed by atoms with Crippen molar-refractivity contribution in [3.8, 4) is 0 Å². The molecule has 0 aliphatic carbocycles. The van der Waals surface area contributed by atoms with Crippen molar-refractivity contribution in [1.82, 2.24) is 0 Å². The van der Waals surface area contributed by atoms with Crippen LogP contribution in [0.25, 0.3) is 0 Å². The first kappa shape index (κ1) is 16.5. The number of aliphatic carboxylic acids is 1. The first-order valence-corrected chi connectivity index (χ1v) is 6.83. The van der Waals surface area contributed by atoms with Crippen molar-refractivity contribution in [3.63, 3.8) is 0 Å². The van der Waals surface area contributed by atoms with Gasteiger partial charge < -0.3 is 5.11 Å². The van der Waals surface area contributed by atoms with Crippen molar-refractivity contribution in [3.05, 3.63) is 71.8 Å². The Morgan fingerprint density at radius 2 is 1.39 bits per heavy atom. The summed E-state index contributed by atoms with van der Waals surface area (Å²) in [5.41, 5.74) is 1.02. The van der Waals surface area contributed by atoms with Gasteiger partial charge in [0, 0.05) is 11.1 Å². The highest BCUT2D eigenvalue weighted by atomic mass is 19.3. The summed E-state index contributed by atoms with van der Waals surface area (Å²) in [6.07, 6.45) is -3.82. The second kappa shape index (κ2) is 7.93. The van der Waals surface area contributed by atoms with E-state index in [2.05, 4.69) is 10.2 Å². The van der Waals surface area contributed by atoms with Crippen LogP contribution in [0.5, 0.6) is 0 Å². The Bertz CT molecular complexity index is 672. The molecule has 0 atom stereocenters. The van der Waals surface area contributed by atoms with Gasteiger partial charge in [0.15, 0.2) is 0 Å². The van der Waals surface area contributed by atoms with E-state index in [1.165, 1.54) is 0 Å². The average molecular weight is 316 g/mol. The third-order valence-corrected chi connectivity index (χ3v) is 2.96. The molecule has 0 amide bonds. The molecule has 0 radical (unpaired) electrons. The molecule has 0 saturated carbocycles. The van der Waals surface area contributed by atoms with Gasteiger partial charge in [-0.1, -0.05) is 60.7 Å². The lowest BCUT2D eigenvalue weighted by Crippen LogP contribution is -2.15. The fourth-order valence-electron chi connectivity index (χ4n) is 1.90. The van der Waals surface area contributed by atoms with Gasteiger partial charge in [-0.3, -0.25) is 4.79 Å². The monoisotopic (exact) mass is 316 g/mol. The van der Waals surface area contributed by atoms with Crippen molar-refractivity contribution in [2.75, 3.05) is 0 Å². The van der Waals surface area contributed by atoms with Gasteiger partial charge >= 0.3 is 5.97 Å². The summed E-state index contributed by atoms with van der Waals surface area (Å²) >= 11 is 0. The summed E-state index contributed by atoms with van der Waals surface area (Å²) < 4.78 is 25.7. The molecule has 2 aromatic rings. The Balaban J connectivity index is 2.47. The summed E-state index contributed by atoms with van der Waals surface area (Å²) in [5, 5.41) is 16.1. The van der Waals surface area contributed by atoms with E-state index in [-0.39, 0.29) is 0 Å². The van der Waals surface area contributed by atoms with Crippen LogP contribution in [0.4, 0.5) is 8.78 Å². The number of halogens is 2. The largest absolute Gasteiger partial charge is 0.481 e. The third kappa shape index (κ3) is 4.81. The molecule has 0 fully saturated rings. The van der Waals surface area contributed by atoms with E-state index in [4.69, 9.17) is 5.11 Å². The van der Waals surface area contributed by atoms with Gasteiger partial charge in [0.05, 0.1) is 6.42 Å². The van der Waals surface area contributed by atoms with Crippen LogP contribution in [0.2, 0.25) is 0 Å². The molecule has 0 aliphatic rings. The molecule has 4 nitrogen and oxygen atoms in total. The molecule has 2 aromatic carbocycles. The van der Waals surface area contributed by atoms with Crippen LogP contribution >= 0.6 is 0 Å². The number of alkyl halides is 2. The van der Waals surface area contributed by atoms with Crippen molar-refractivity contribution < 1.29 is 18.7 Å². The average Bonchev–Trinajstić information content (AvgIpc) is 2.55. The lowest BCUT2D eigenvalue weighted by molar-refractivity contribution is -0.135. The molecule has 1 N–H and O–H groups in total. The molecule has 23 heavy (non-hydrogen) atoms. The van der Waals surface area contributed by atoms with Gasteiger partial charge in [0.1, 0.15) is 11.4 Å². The van der Waals surface area contributed by atoms with Crippen LogP contribution in [-0.4, -0.2) is 28.9 Å². The smallest absolute Gasteiger partial charge is 0.309 e. The molecule has 118 valence electrons. The number of rotatable bonds is 6. The topological polar surface area (TPSA) is 62.0 Å². The SMILES string of the molecule is O=C(O)CC(=NN=C(c1ccccc1)c1ccccc1)C(F)F. The highest BCUT2D eigenvalue weighted by Crippen LogP contribution is 2.12. The van der Waals surface area contributed by atoms with E-state index in [1.807, 2.05) is 12.1 Å². The Kier molecular flexibility index (Phi) is 5.68. The van der Waals surface area contributed by atoms with Crippen molar-refractivity contribution in [2.45, 2.75) is 12.8 Å². The molecule has 0 heterocycles. The van der Waals surface area contributed by atoms with E-state index in [0.29, 0.717) is 16.8 Å². The van der Waals surface area contributed by atoms with Gasteiger partial charge in [0.25, 0.3) is 6.43 Å². The third-order valence-electron chi connectivity index (χ3n) is 2.96. The van der Waals surface area contributed by atoms with Gasteiger partial charge in [0.2, 0.25) is 0 Å². The van der Waals surface area contributed by atoms with Crippen molar-refractivity contribution >= 4 is 17.4 Å². The van der Waals surface area contributed by atoms with Gasteiger partial charge in [-0.25, -0.2) is 8.78 Å². The molecular formula is C17H14F2N2O2. The summed E-state index contributed by atoms with van der Waals surface area (Å²) in [6, 6.07) is 17.9. The summed E-state index contributed by atoms with van der Waals surface area (Å²) in [7, 11) is 0. The molecule has 6 heteroatoms. The molecule has 0 aromatic heterocycles. The lowest BCUT2D eigenvalue weighted by atomic mass is 10.0.